The fraction of sp³-hybridized carbons (Fsp3) is 0.278. The molecule has 0 aromatic heterocycles. The van der Waals surface area contributed by atoms with Crippen molar-refractivity contribution in [1.29, 1.82) is 0 Å². The van der Waals surface area contributed by atoms with Gasteiger partial charge in [0.05, 0.1) is 12.0 Å². The molecule has 1 aliphatic rings. The molecule has 2 aromatic carbocycles. The minimum Gasteiger partial charge on any atom is -0.484 e. The average Bonchev–Trinajstić information content (AvgIpc) is 2.46. The van der Waals surface area contributed by atoms with Gasteiger partial charge in [-0.25, -0.2) is 0 Å². The Labute approximate surface area is 133 Å². The maximum atomic E-state index is 12.3. The van der Waals surface area contributed by atoms with E-state index in [4.69, 9.17) is 4.74 Å². The molecule has 1 unspecified atom stereocenters. The van der Waals surface area contributed by atoms with E-state index in [0.717, 1.165) is 10.0 Å². The molecule has 0 saturated heterocycles. The van der Waals surface area contributed by atoms with Crippen LogP contribution >= 0.6 is 15.9 Å². The average molecular weight is 345 g/mol. The van der Waals surface area contributed by atoms with Gasteiger partial charge in [0.2, 0.25) is 0 Å². The van der Waals surface area contributed by atoms with Crippen LogP contribution in [0.1, 0.15) is 53.8 Å². The molecule has 0 fully saturated rings. The first-order valence-corrected chi connectivity index (χ1v) is 7.93. The van der Waals surface area contributed by atoms with E-state index >= 15 is 0 Å². The highest BCUT2D eigenvalue weighted by atomic mass is 79.9. The van der Waals surface area contributed by atoms with Crippen molar-refractivity contribution in [2.24, 2.45) is 0 Å². The Morgan fingerprint density at radius 1 is 1.14 bits per heavy atom. The van der Waals surface area contributed by atoms with E-state index < -0.39 is 0 Å². The van der Waals surface area contributed by atoms with Crippen molar-refractivity contribution in [3.63, 3.8) is 0 Å². The van der Waals surface area contributed by atoms with Crippen LogP contribution < -0.4 is 4.74 Å². The van der Waals surface area contributed by atoms with Gasteiger partial charge >= 0.3 is 0 Å². The van der Waals surface area contributed by atoms with Crippen molar-refractivity contribution in [3.05, 3.63) is 63.6 Å². The molecular weight excluding hydrogens is 328 g/mol. The van der Waals surface area contributed by atoms with Crippen molar-refractivity contribution < 1.29 is 9.53 Å². The van der Waals surface area contributed by atoms with Crippen LogP contribution in [0.4, 0.5) is 0 Å². The predicted octanol–water partition coefficient (Wildman–Crippen LogP) is 5.28. The zero-order valence-electron chi connectivity index (χ0n) is 12.1. The van der Waals surface area contributed by atoms with Crippen molar-refractivity contribution >= 4 is 21.7 Å². The fourth-order valence-corrected chi connectivity index (χ4v) is 2.92. The first-order valence-electron chi connectivity index (χ1n) is 7.14. The largest absolute Gasteiger partial charge is 0.484 e. The summed E-state index contributed by atoms with van der Waals surface area (Å²) in [5, 5.41) is 0. The van der Waals surface area contributed by atoms with Crippen LogP contribution in [0.15, 0.2) is 46.9 Å². The van der Waals surface area contributed by atoms with E-state index in [1.807, 2.05) is 18.2 Å². The third-order valence-electron chi connectivity index (χ3n) is 3.86. The number of ketones is 1. The van der Waals surface area contributed by atoms with Crippen LogP contribution in [-0.4, -0.2) is 5.78 Å². The molecule has 0 amide bonds. The van der Waals surface area contributed by atoms with Crippen molar-refractivity contribution in [2.45, 2.75) is 32.3 Å². The summed E-state index contributed by atoms with van der Waals surface area (Å²) in [6.45, 7) is 4.34. The standard InChI is InChI=1S/C18H17BrO2/c1-11(2)12-3-5-13(6-4-12)17-10-16(20)15-8-7-14(19)9-18(15)21-17/h3-9,11,17H,10H2,1-2H3. The molecule has 21 heavy (non-hydrogen) atoms. The summed E-state index contributed by atoms with van der Waals surface area (Å²) < 4.78 is 6.94. The SMILES string of the molecule is CC(C)c1ccc(C2CC(=O)c3ccc(Br)cc3O2)cc1. The molecule has 3 rings (SSSR count). The molecule has 2 aromatic rings. The van der Waals surface area contributed by atoms with Gasteiger partial charge in [-0.15, -0.1) is 0 Å². The van der Waals surface area contributed by atoms with Gasteiger partial charge in [-0.05, 0) is 35.2 Å². The summed E-state index contributed by atoms with van der Waals surface area (Å²) in [6.07, 6.45) is 0.204. The lowest BCUT2D eigenvalue weighted by Gasteiger charge is -2.26. The van der Waals surface area contributed by atoms with Crippen LogP contribution in [0, 0.1) is 0 Å². The van der Waals surface area contributed by atoms with E-state index in [2.05, 4.69) is 54.0 Å². The second-order valence-corrected chi connectivity index (χ2v) is 6.61. The summed E-state index contributed by atoms with van der Waals surface area (Å²) in [7, 11) is 0. The molecule has 0 radical (unpaired) electrons. The Kier molecular flexibility index (Phi) is 3.85. The minimum absolute atomic E-state index is 0.140. The molecule has 0 bridgehead atoms. The van der Waals surface area contributed by atoms with E-state index in [1.165, 1.54) is 5.56 Å². The van der Waals surface area contributed by atoms with Crippen molar-refractivity contribution in [2.75, 3.05) is 0 Å². The monoisotopic (exact) mass is 344 g/mol. The minimum atomic E-state index is -0.194. The Bertz CT molecular complexity index is 674. The summed E-state index contributed by atoms with van der Waals surface area (Å²) in [4.78, 5) is 12.3. The zero-order chi connectivity index (χ0) is 15.0. The lowest BCUT2D eigenvalue weighted by molar-refractivity contribution is 0.0850. The van der Waals surface area contributed by atoms with Gasteiger partial charge in [-0.3, -0.25) is 4.79 Å². The molecule has 108 valence electrons. The highest BCUT2D eigenvalue weighted by Crippen LogP contribution is 2.36. The Morgan fingerprint density at radius 2 is 1.86 bits per heavy atom. The predicted molar refractivity (Wildman–Crippen MR) is 87.0 cm³/mol. The number of Topliss-reactive ketones (excluding diaryl/α,β-unsaturated/α-hetero) is 1. The first-order chi connectivity index (χ1) is 10.0. The molecule has 3 heteroatoms. The summed E-state index contributed by atoms with van der Waals surface area (Å²) in [5.74, 6) is 1.31. The smallest absolute Gasteiger partial charge is 0.170 e. The molecule has 1 aliphatic heterocycles. The topological polar surface area (TPSA) is 26.3 Å². The van der Waals surface area contributed by atoms with Crippen LogP contribution in [0.2, 0.25) is 0 Å². The van der Waals surface area contributed by atoms with E-state index in [9.17, 15) is 4.79 Å². The number of ether oxygens (including phenoxy) is 1. The molecule has 2 nitrogen and oxygen atoms in total. The highest BCUT2D eigenvalue weighted by molar-refractivity contribution is 9.10. The summed E-state index contributed by atoms with van der Waals surface area (Å²) >= 11 is 3.42. The second-order valence-electron chi connectivity index (χ2n) is 5.70. The maximum absolute atomic E-state index is 12.3. The van der Waals surface area contributed by atoms with Crippen LogP contribution in [0.3, 0.4) is 0 Å². The molecule has 0 saturated carbocycles. The first kappa shape index (κ1) is 14.3. The number of benzene rings is 2. The van der Waals surface area contributed by atoms with Gasteiger partial charge in [-0.1, -0.05) is 54.0 Å². The lowest BCUT2D eigenvalue weighted by Crippen LogP contribution is -2.20. The number of fused-ring (bicyclic) bond motifs is 1. The second kappa shape index (κ2) is 5.64. The van der Waals surface area contributed by atoms with E-state index in [0.29, 0.717) is 23.7 Å². The van der Waals surface area contributed by atoms with E-state index in [1.54, 1.807) is 0 Å². The highest BCUT2D eigenvalue weighted by Gasteiger charge is 2.27. The third-order valence-corrected chi connectivity index (χ3v) is 4.35. The molecular formula is C18H17BrO2. The van der Waals surface area contributed by atoms with Crippen LogP contribution in [-0.2, 0) is 0 Å². The normalized spacial score (nSPS) is 17.5. The number of hydrogen-bond donors (Lipinski definition) is 0. The van der Waals surface area contributed by atoms with Crippen molar-refractivity contribution in [1.82, 2.24) is 0 Å². The van der Waals surface area contributed by atoms with Gasteiger partial charge in [0, 0.05) is 4.47 Å². The molecule has 0 aliphatic carbocycles. The number of carbonyl (C=O) groups excluding carboxylic acids is 1. The maximum Gasteiger partial charge on any atom is 0.170 e. The Morgan fingerprint density at radius 3 is 2.52 bits per heavy atom. The van der Waals surface area contributed by atoms with Crippen LogP contribution in [0.25, 0.3) is 0 Å². The van der Waals surface area contributed by atoms with Gasteiger partial charge in [-0.2, -0.15) is 0 Å². The Hall–Kier alpha value is -1.61. The van der Waals surface area contributed by atoms with Gasteiger partial charge in [0.15, 0.2) is 5.78 Å². The molecule has 0 N–H and O–H groups in total. The Balaban J connectivity index is 1.89. The summed E-state index contributed by atoms with van der Waals surface area (Å²) in [5.41, 5.74) is 3.02. The quantitative estimate of drug-likeness (QED) is 0.740. The lowest BCUT2D eigenvalue weighted by atomic mass is 9.94. The van der Waals surface area contributed by atoms with E-state index in [-0.39, 0.29) is 11.9 Å². The number of rotatable bonds is 2. The number of carbonyl (C=O) groups is 1. The zero-order valence-corrected chi connectivity index (χ0v) is 13.7. The molecule has 0 spiro atoms. The third kappa shape index (κ3) is 2.88. The van der Waals surface area contributed by atoms with Gasteiger partial charge in [0.25, 0.3) is 0 Å². The number of halogens is 1. The van der Waals surface area contributed by atoms with Crippen LogP contribution in [0.5, 0.6) is 5.75 Å². The molecule has 1 heterocycles. The van der Waals surface area contributed by atoms with Crippen molar-refractivity contribution in [3.8, 4) is 5.75 Å². The van der Waals surface area contributed by atoms with Gasteiger partial charge < -0.3 is 4.74 Å². The molecule has 1 atom stereocenters. The summed E-state index contributed by atoms with van der Waals surface area (Å²) in [6, 6.07) is 13.9. The number of hydrogen-bond acceptors (Lipinski definition) is 2. The fourth-order valence-electron chi connectivity index (χ4n) is 2.58. The van der Waals surface area contributed by atoms with Gasteiger partial charge in [0.1, 0.15) is 11.9 Å².